The van der Waals surface area contributed by atoms with Crippen LogP contribution in [0.4, 0.5) is 4.39 Å². The van der Waals surface area contributed by atoms with Gasteiger partial charge in [0, 0.05) is 12.6 Å². The highest BCUT2D eigenvalue weighted by Crippen LogP contribution is 2.27. The number of carbonyl (C=O) groups excluding carboxylic acids is 1. The minimum Gasteiger partial charge on any atom is -0.496 e. The number of para-hydroxylation sites is 1. The average Bonchev–Trinajstić information content (AvgIpc) is 2.67. The highest BCUT2D eigenvalue weighted by Gasteiger charge is 2.27. The molecule has 0 bridgehead atoms. The van der Waals surface area contributed by atoms with Gasteiger partial charge in [-0.3, -0.25) is 4.79 Å². The second kappa shape index (κ2) is 9.03. The first-order valence-corrected chi connectivity index (χ1v) is 9.87. The number of halogens is 1. The highest BCUT2D eigenvalue weighted by atomic mass is 32.2. The molecule has 9 heteroatoms. The molecule has 152 valence electrons. The van der Waals surface area contributed by atoms with Gasteiger partial charge in [0.1, 0.15) is 22.2 Å². The molecule has 0 saturated carbocycles. The van der Waals surface area contributed by atoms with Crippen LogP contribution in [0.2, 0.25) is 0 Å². The fourth-order valence-corrected chi connectivity index (χ4v) is 3.99. The standard InChI is InChI=1S/C19H23FN2O5S/c1-13(15-7-5-6-8-16(15)26-3)21-19(23)12-22(2)28(24,25)18-11-14(20)9-10-17(18)27-4/h5-11,13H,12H2,1-4H3,(H,21,23)/t13-/m0/s1. The van der Waals surface area contributed by atoms with Gasteiger partial charge in [-0.1, -0.05) is 18.2 Å². The van der Waals surface area contributed by atoms with Gasteiger partial charge in [-0.25, -0.2) is 12.8 Å². The third-order valence-electron chi connectivity index (χ3n) is 4.16. The monoisotopic (exact) mass is 410 g/mol. The molecule has 0 saturated heterocycles. The molecule has 0 unspecified atom stereocenters. The molecule has 2 aromatic carbocycles. The molecular formula is C19H23FN2O5S. The lowest BCUT2D eigenvalue weighted by atomic mass is 10.1. The molecule has 0 aliphatic rings. The average molecular weight is 410 g/mol. The first kappa shape index (κ1) is 21.6. The Bertz CT molecular complexity index is 949. The van der Waals surface area contributed by atoms with E-state index in [-0.39, 0.29) is 10.6 Å². The zero-order valence-corrected chi connectivity index (χ0v) is 16.9. The maximum Gasteiger partial charge on any atom is 0.247 e. The van der Waals surface area contributed by atoms with Gasteiger partial charge in [-0.2, -0.15) is 4.31 Å². The number of sulfonamides is 1. The molecule has 0 aromatic heterocycles. The van der Waals surface area contributed by atoms with Crippen LogP contribution < -0.4 is 14.8 Å². The lowest BCUT2D eigenvalue weighted by Gasteiger charge is -2.21. The van der Waals surface area contributed by atoms with Crippen molar-refractivity contribution in [1.29, 1.82) is 0 Å². The summed E-state index contributed by atoms with van der Waals surface area (Å²) in [6.45, 7) is 1.32. The minimum atomic E-state index is -4.13. The Morgan fingerprint density at radius 3 is 2.43 bits per heavy atom. The van der Waals surface area contributed by atoms with Crippen molar-refractivity contribution in [3.63, 3.8) is 0 Å². The topological polar surface area (TPSA) is 84.9 Å². The number of rotatable bonds is 8. The van der Waals surface area contributed by atoms with Gasteiger partial charge in [-0.15, -0.1) is 0 Å². The van der Waals surface area contributed by atoms with Gasteiger partial charge < -0.3 is 14.8 Å². The van der Waals surface area contributed by atoms with E-state index in [0.29, 0.717) is 5.75 Å². The predicted octanol–water partition coefficient (Wildman–Crippen LogP) is 2.34. The second-order valence-corrected chi connectivity index (χ2v) is 8.10. The summed E-state index contributed by atoms with van der Waals surface area (Å²) in [7, 11) is -0.0732. The van der Waals surface area contributed by atoms with Gasteiger partial charge in [0.2, 0.25) is 15.9 Å². The largest absolute Gasteiger partial charge is 0.496 e. The lowest BCUT2D eigenvalue weighted by Crippen LogP contribution is -2.39. The molecule has 1 atom stereocenters. The molecule has 0 radical (unpaired) electrons. The van der Waals surface area contributed by atoms with Crippen LogP contribution in [0.5, 0.6) is 11.5 Å². The van der Waals surface area contributed by atoms with Crippen LogP contribution in [-0.2, 0) is 14.8 Å². The summed E-state index contributed by atoms with van der Waals surface area (Å²) in [5, 5.41) is 2.73. The summed E-state index contributed by atoms with van der Waals surface area (Å²) in [4.78, 5) is 12.0. The quantitative estimate of drug-likeness (QED) is 0.722. The van der Waals surface area contributed by atoms with E-state index < -0.39 is 34.3 Å². The van der Waals surface area contributed by atoms with E-state index in [9.17, 15) is 17.6 Å². The van der Waals surface area contributed by atoms with E-state index in [1.54, 1.807) is 13.0 Å². The maximum atomic E-state index is 13.5. The van der Waals surface area contributed by atoms with Gasteiger partial charge in [0.15, 0.2) is 0 Å². The first-order valence-electron chi connectivity index (χ1n) is 8.42. The fraction of sp³-hybridized carbons (Fsp3) is 0.316. The summed E-state index contributed by atoms with van der Waals surface area (Å²) in [6, 6.07) is 9.98. The number of ether oxygens (including phenoxy) is 2. The number of amides is 1. The summed E-state index contributed by atoms with van der Waals surface area (Å²) >= 11 is 0. The molecule has 1 N–H and O–H groups in total. The van der Waals surface area contributed by atoms with Gasteiger partial charge >= 0.3 is 0 Å². The van der Waals surface area contributed by atoms with E-state index >= 15 is 0 Å². The molecule has 0 fully saturated rings. The number of nitrogens with zero attached hydrogens (tertiary/aromatic N) is 1. The zero-order chi connectivity index (χ0) is 20.9. The first-order chi connectivity index (χ1) is 13.2. The Balaban J connectivity index is 2.14. The summed E-state index contributed by atoms with van der Waals surface area (Å²) in [5.74, 6) is -0.626. The number of hydrogen-bond donors (Lipinski definition) is 1. The summed E-state index contributed by atoms with van der Waals surface area (Å²) in [6.07, 6.45) is 0. The molecule has 0 aliphatic carbocycles. The van der Waals surface area contributed by atoms with Crippen LogP contribution in [0.15, 0.2) is 47.4 Å². The number of methoxy groups -OCH3 is 2. The van der Waals surface area contributed by atoms with Crippen molar-refractivity contribution in [3.05, 3.63) is 53.8 Å². The van der Waals surface area contributed by atoms with E-state index in [0.717, 1.165) is 22.0 Å². The van der Waals surface area contributed by atoms with Crippen LogP contribution in [-0.4, -0.2) is 46.4 Å². The summed E-state index contributed by atoms with van der Waals surface area (Å²) in [5.41, 5.74) is 0.760. The third kappa shape index (κ3) is 4.79. The van der Waals surface area contributed by atoms with E-state index in [2.05, 4.69) is 5.32 Å². The van der Waals surface area contributed by atoms with Gasteiger partial charge in [0.05, 0.1) is 26.8 Å². The van der Waals surface area contributed by atoms with E-state index in [1.165, 1.54) is 27.3 Å². The van der Waals surface area contributed by atoms with Crippen LogP contribution in [0.3, 0.4) is 0 Å². The molecular weight excluding hydrogens is 387 g/mol. The fourth-order valence-electron chi connectivity index (χ4n) is 2.70. The molecule has 0 aliphatic heterocycles. The Kier molecular flexibility index (Phi) is 6.98. The summed E-state index contributed by atoms with van der Waals surface area (Å²) < 4.78 is 50.1. The third-order valence-corrected chi connectivity index (χ3v) is 5.99. The lowest BCUT2D eigenvalue weighted by molar-refractivity contribution is -0.121. The minimum absolute atomic E-state index is 0.00366. The SMILES string of the molecule is COc1ccccc1[C@H](C)NC(=O)CN(C)S(=O)(=O)c1cc(F)ccc1OC. The highest BCUT2D eigenvalue weighted by molar-refractivity contribution is 7.89. The molecule has 2 rings (SSSR count). The number of benzene rings is 2. The van der Waals surface area contributed by atoms with Crippen molar-refractivity contribution < 1.29 is 27.1 Å². The van der Waals surface area contributed by atoms with Crippen molar-refractivity contribution in [2.45, 2.75) is 17.9 Å². The number of likely N-dealkylation sites (N-methyl/N-ethyl adjacent to an activating group) is 1. The van der Waals surface area contributed by atoms with Crippen LogP contribution in [0.1, 0.15) is 18.5 Å². The molecule has 0 heterocycles. The van der Waals surface area contributed by atoms with Crippen molar-refractivity contribution in [3.8, 4) is 11.5 Å². The Morgan fingerprint density at radius 1 is 1.14 bits per heavy atom. The number of carbonyl (C=O) groups is 1. The van der Waals surface area contributed by atoms with Crippen LogP contribution in [0, 0.1) is 5.82 Å². The van der Waals surface area contributed by atoms with Gasteiger partial charge in [-0.05, 0) is 31.2 Å². The number of nitrogens with one attached hydrogen (secondary N) is 1. The normalized spacial score (nSPS) is 12.5. The van der Waals surface area contributed by atoms with E-state index in [1.807, 2.05) is 18.2 Å². The Labute approximate surface area is 164 Å². The molecule has 7 nitrogen and oxygen atoms in total. The molecule has 2 aromatic rings. The van der Waals surface area contributed by atoms with Crippen molar-refractivity contribution in [2.75, 3.05) is 27.8 Å². The Morgan fingerprint density at radius 2 is 1.79 bits per heavy atom. The maximum absolute atomic E-state index is 13.5. The number of hydrogen-bond acceptors (Lipinski definition) is 5. The van der Waals surface area contributed by atoms with Crippen molar-refractivity contribution >= 4 is 15.9 Å². The van der Waals surface area contributed by atoms with Crippen molar-refractivity contribution in [2.24, 2.45) is 0 Å². The van der Waals surface area contributed by atoms with Gasteiger partial charge in [0.25, 0.3) is 0 Å². The molecule has 28 heavy (non-hydrogen) atoms. The van der Waals surface area contributed by atoms with Crippen LogP contribution in [0.25, 0.3) is 0 Å². The van der Waals surface area contributed by atoms with E-state index in [4.69, 9.17) is 9.47 Å². The second-order valence-electron chi connectivity index (χ2n) is 6.09. The molecule has 0 spiro atoms. The molecule has 1 amide bonds. The smallest absolute Gasteiger partial charge is 0.247 e. The predicted molar refractivity (Wildman–Crippen MR) is 102 cm³/mol. The van der Waals surface area contributed by atoms with Crippen molar-refractivity contribution in [1.82, 2.24) is 9.62 Å². The zero-order valence-electron chi connectivity index (χ0n) is 16.1. The Hall–Kier alpha value is -2.65. The van der Waals surface area contributed by atoms with Crippen LogP contribution >= 0.6 is 0 Å².